The lowest BCUT2D eigenvalue weighted by Crippen LogP contribution is -2.59. The number of methoxy groups -OCH3 is 1. The van der Waals surface area contributed by atoms with Gasteiger partial charge in [-0.05, 0) is 61.3 Å². The van der Waals surface area contributed by atoms with Crippen LogP contribution in [0.4, 0.5) is 0 Å². The fraction of sp³-hybridized carbons (Fsp3) is 0.595. The van der Waals surface area contributed by atoms with E-state index < -0.39 is 52.6 Å². The van der Waals surface area contributed by atoms with Gasteiger partial charge in [0.25, 0.3) is 5.91 Å². The van der Waals surface area contributed by atoms with Crippen LogP contribution >= 0.6 is 0 Å². The van der Waals surface area contributed by atoms with Crippen molar-refractivity contribution in [1.29, 1.82) is 0 Å². The van der Waals surface area contributed by atoms with Gasteiger partial charge in [0, 0.05) is 49.2 Å². The molecule has 2 saturated carbocycles. The molecule has 6 rings (SSSR count). The Morgan fingerprint density at radius 3 is 2.39 bits per heavy atom. The Bertz CT molecular complexity index is 1720. The van der Waals surface area contributed by atoms with Crippen molar-refractivity contribution < 1.29 is 33.5 Å². The average molecular weight is 704 g/mol. The SMILES string of the molecule is CNC(=O)C(=O)[C@H](CC1CC1)NC(=O)[C@@H]1C[C@]2(CC(c3cc(C)c(OC)c(C)c3)=NO2)CN1C(=O)[C@@H](NC(=O)[C@@H]1C[C@H]1c1cnc[nH]1)C(C)(C)C. The summed E-state index contributed by atoms with van der Waals surface area (Å²) in [5.74, 6) is -2.06. The molecule has 2 aliphatic carbocycles. The van der Waals surface area contributed by atoms with Crippen LogP contribution in [0, 0.1) is 31.1 Å². The van der Waals surface area contributed by atoms with Crippen LogP contribution in [0.5, 0.6) is 5.75 Å². The minimum atomic E-state index is -1.05. The van der Waals surface area contributed by atoms with Gasteiger partial charge in [0.05, 0.1) is 31.7 Å². The Kier molecular flexibility index (Phi) is 9.73. The summed E-state index contributed by atoms with van der Waals surface area (Å²) in [6.45, 7) is 9.54. The van der Waals surface area contributed by atoms with Crippen molar-refractivity contribution in [1.82, 2.24) is 30.8 Å². The lowest BCUT2D eigenvalue weighted by molar-refractivity contribution is -0.145. The van der Waals surface area contributed by atoms with Crippen LogP contribution in [0.3, 0.4) is 0 Å². The maximum absolute atomic E-state index is 14.7. The van der Waals surface area contributed by atoms with E-state index in [1.54, 1.807) is 19.6 Å². The van der Waals surface area contributed by atoms with E-state index in [-0.39, 0.29) is 36.6 Å². The summed E-state index contributed by atoms with van der Waals surface area (Å²) in [6, 6.07) is 0.892. The molecule has 2 aromatic rings. The van der Waals surface area contributed by atoms with Gasteiger partial charge in [-0.15, -0.1) is 0 Å². The number of nitrogens with zero attached hydrogens (tertiary/aromatic N) is 3. The van der Waals surface area contributed by atoms with Crippen LogP contribution in [-0.4, -0.2) is 94.4 Å². The van der Waals surface area contributed by atoms with Gasteiger partial charge in [-0.25, -0.2) is 4.98 Å². The summed E-state index contributed by atoms with van der Waals surface area (Å²) >= 11 is 0. The molecule has 274 valence electrons. The molecule has 4 N–H and O–H groups in total. The number of benzene rings is 1. The Morgan fingerprint density at radius 1 is 1.10 bits per heavy atom. The van der Waals surface area contributed by atoms with Gasteiger partial charge in [0.1, 0.15) is 17.8 Å². The van der Waals surface area contributed by atoms with Crippen LogP contribution < -0.4 is 20.7 Å². The molecule has 14 heteroatoms. The number of carbonyl (C=O) groups excluding carboxylic acids is 5. The number of ether oxygens (including phenoxy) is 1. The molecule has 51 heavy (non-hydrogen) atoms. The number of hydrogen-bond donors (Lipinski definition) is 4. The maximum Gasteiger partial charge on any atom is 0.289 e. The van der Waals surface area contributed by atoms with Crippen molar-refractivity contribution in [3.05, 3.63) is 47.0 Å². The highest BCUT2D eigenvalue weighted by atomic mass is 16.7. The Balaban J connectivity index is 1.27. The number of likely N-dealkylation sites (N-methyl/N-ethyl adjacent to an activating group) is 1. The fourth-order valence-electron chi connectivity index (χ4n) is 7.55. The number of ketones is 1. The first kappa shape index (κ1) is 36.1. The molecular formula is C37H49N7O7. The Morgan fingerprint density at radius 2 is 1.80 bits per heavy atom. The first-order valence-corrected chi connectivity index (χ1v) is 17.7. The van der Waals surface area contributed by atoms with Gasteiger partial charge in [-0.2, -0.15) is 0 Å². The van der Waals surface area contributed by atoms with Crippen molar-refractivity contribution in [3.63, 3.8) is 0 Å². The number of aryl methyl sites for hydroxylation is 2. The molecule has 0 bridgehead atoms. The van der Waals surface area contributed by atoms with E-state index in [0.29, 0.717) is 25.0 Å². The van der Waals surface area contributed by atoms with Gasteiger partial charge in [0.2, 0.25) is 23.5 Å². The van der Waals surface area contributed by atoms with Gasteiger partial charge < -0.3 is 35.4 Å². The second-order valence-electron chi connectivity index (χ2n) is 15.8. The molecule has 4 amide bonds. The number of amides is 4. The van der Waals surface area contributed by atoms with Crippen molar-refractivity contribution in [2.24, 2.45) is 22.4 Å². The molecule has 1 aromatic heterocycles. The highest BCUT2D eigenvalue weighted by Crippen LogP contribution is 2.47. The quantitative estimate of drug-likeness (QED) is 0.243. The highest BCUT2D eigenvalue weighted by molar-refractivity contribution is 6.38. The molecule has 1 saturated heterocycles. The number of rotatable bonds is 12. The molecule has 14 nitrogen and oxygen atoms in total. The van der Waals surface area contributed by atoms with E-state index in [0.717, 1.165) is 41.0 Å². The van der Waals surface area contributed by atoms with E-state index in [1.807, 2.05) is 46.8 Å². The highest BCUT2D eigenvalue weighted by Gasteiger charge is 2.56. The van der Waals surface area contributed by atoms with Gasteiger partial charge in [-0.1, -0.05) is 38.8 Å². The fourth-order valence-corrected chi connectivity index (χ4v) is 7.55. The van der Waals surface area contributed by atoms with E-state index >= 15 is 0 Å². The van der Waals surface area contributed by atoms with E-state index in [2.05, 4.69) is 31.1 Å². The number of carbonyl (C=O) groups is 5. The number of hydrogen-bond acceptors (Lipinski definition) is 9. The van der Waals surface area contributed by atoms with Crippen LogP contribution in [0.25, 0.3) is 0 Å². The number of nitrogens with one attached hydrogen (secondary N) is 4. The zero-order valence-electron chi connectivity index (χ0n) is 30.4. The molecule has 1 spiro atoms. The van der Waals surface area contributed by atoms with Crippen molar-refractivity contribution in [2.75, 3.05) is 20.7 Å². The van der Waals surface area contributed by atoms with Crippen LogP contribution in [0.1, 0.15) is 87.6 Å². The minimum Gasteiger partial charge on any atom is -0.496 e. The first-order chi connectivity index (χ1) is 24.1. The number of aromatic nitrogens is 2. The van der Waals surface area contributed by atoms with Crippen LogP contribution in [-0.2, 0) is 28.8 Å². The summed E-state index contributed by atoms with van der Waals surface area (Å²) in [6.07, 6.45) is 6.51. The normalized spacial score (nSPS) is 25.0. The van der Waals surface area contributed by atoms with Crippen LogP contribution in [0.15, 0.2) is 29.8 Å². The largest absolute Gasteiger partial charge is 0.496 e. The number of likely N-dealkylation sites (tertiary alicyclic amines) is 1. The maximum atomic E-state index is 14.7. The van der Waals surface area contributed by atoms with Crippen LogP contribution in [0.2, 0.25) is 0 Å². The third-order valence-electron chi connectivity index (χ3n) is 10.6. The number of H-pyrrole nitrogens is 1. The van der Waals surface area contributed by atoms with E-state index in [9.17, 15) is 24.0 Å². The molecule has 0 radical (unpaired) electrons. The number of aromatic amines is 1. The van der Waals surface area contributed by atoms with Gasteiger partial charge >= 0.3 is 0 Å². The number of oxime groups is 1. The summed E-state index contributed by atoms with van der Waals surface area (Å²) in [4.78, 5) is 82.7. The number of Topliss-reactive ketones (excluding diaryl/α,β-unsaturated/α-hetero) is 1. The summed E-state index contributed by atoms with van der Waals surface area (Å²) in [5.41, 5.74) is 2.53. The number of imidazole rings is 1. The van der Waals surface area contributed by atoms with Gasteiger partial charge in [0.15, 0.2) is 5.60 Å². The third-order valence-corrected chi connectivity index (χ3v) is 10.6. The smallest absolute Gasteiger partial charge is 0.289 e. The van der Waals surface area contributed by atoms with Crippen molar-refractivity contribution in [2.45, 2.75) is 103 Å². The lowest BCUT2D eigenvalue weighted by atomic mass is 9.85. The molecule has 3 heterocycles. The molecule has 1 aromatic carbocycles. The van der Waals surface area contributed by atoms with Crippen molar-refractivity contribution >= 4 is 35.1 Å². The summed E-state index contributed by atoms with van der Waals surface area (Å²) in [5, 5.41) is 12.7. The monoisotopic (exact) mass is 703 g/mol. The lowest BCUT2D eigenvalue weighted by Gasteiger charge is -2.35. The van der Waals surface area contributed by atoms with Crippen molar-refractivity contribution in [3.8, 4) is 5.75 Å². The summed E-state index contributed by atoms with van der Waals surface area (Å²) in [7, 11) is 3.00. The molecule has 6 atom stereocenters. The summed E-state index contributed by atoms with van der Waals surface area (Å²) < 4.78 is 5.54. The molecule has 4 aliphatic rings. The third kappa shape index (κ3) is 7.50. The minimum absolute atomic E-state index is 0.00857. The Labute approximate surface area is 297 Å². The second-order valence-corrected chi connectivity index (χ2v) is 15.8. The molecule has 2 aliphatic heterocycles. The molecular weight excluding hydrogens is 654 g/mol. The van der Waals surface area contributed by atoms with Gasteiger partial charge in [-0.3, -0.25) is 24.0 Å². The van der Waals surface area contributed by atoms with E-state index in [1.165, 1.54) is 11.9 Å². The average Bonchev–Trinajstić information content (AvgIpc) is 3.92. The standard InChI is InChI=1S/C37H49N7O7/c1-19-10-22(11-20(2)30(19)50-7)26-14-37(51-43-26)15-28(33(47)41-25(12-21-8-9-21)29(45)34(48)38-6)44(17-37)35(49)31(36(3,4)5)42-32(46)24-13-23(24)27-16-39-18-40-27/h10-11,16,18,21,23-25,28,31H,8-9,12-15,17H2,1-7H3,(H,38,48)(H,39,40)(H,41,47)(H,42,46)/t23-,24-,25+,28+,31-,37-/m1/s1. The molecule has 3 fully saturated rings. The molecule has 0 unspecified atom stereocenters. The zero-order chi connectivity index (χ0) is 36.8. The zero-order valence-corrected chi connectivity index (χ0v) is 30.4. The predicted octanol–water partition coefficient (Wildman–Crippen LogP) is 2.43. The Hall–Kier alpha value is -4.75. The topological polar surface area (TPSA) is 184 Å². The first-order valence-electron chi connectivity index (χ1n) is 17.7. The predicted molar refractivity (Wildman–Crippen MR) is 187 cm³/mol. The second kappa shape index (κ2) is 13.8. The van der Waals surface area contributed by atoms with E-state index in [4.69, 9.17) is 9.57 Å².